The minimum atomic E-state index is -0.905. The van der Waals surface area contributed by atoms with Crippen molar-refractivity contribution >= 4 is 17.5 Å². The maximum absolute atomic E-state index is 10.9. The van der Waals surface area contributed by atoms with Crippen LogP contribution in [-0.4, -0.2) is 17.5 Å². The second-order valence-corrected chi connectivity index (χ2v) is 9.01. The summed E-state index contributed by atoms with van der Waals surface area (Å²) in [6.07, 6.45) is 0. The van der Waals surface area contributed by atoms with Crippen molar-refractivity contribution in [1.82, 2.24) is 0 Å². The molecule has 9 nitrogen and oxygen atoms in total. The first kappa shape index (κ1) is 31.3. The van der Waals surface area contributed by atoms with E-state index in [2.05, 4.69) is 33.4 Å². The van der Waals surface area contributed by atoms with Crippen molar-refractivity contribution in [3.63, 3.8) is 0 Å². The second-order valence-electron chi connectivity index (χ2n) is 9.01. The topological polar surface area (TPSA) is 138 Å². The molecule has 0 aliphatic heterocycles. The van der Waals surface area contributed by atoms with E-state index in [0.29, 0.717) is 0 Å². The zero-order valence-electron chi connectivity index (χ0n) is 23.7. The van der Waals surface area contributed by atoms with Gasteiger partial charge in [-0.3, -0.25) is 4.79 Å². The van der Waals surface area contributed by atoms with Crippen LogP contribution in [0.15, 0.2) is 107 Å². The normalized spacial score (nSPS) is 10.7. The van der Waals surface area contributed by atoms with Crippen LogP contribution in [-0.2, 0) is 27.7 Å². The number of hydrogen-bond donors (Lipinski definition) is 1. The Kier molecular flexibility index (Phi) is 11.7. The lowest BCUT2D eigenvalue weighted by atomic mass is 9.97. The summed E-state index contributed by atoms with van der Waals surface area (Å²) in [7, 11) is 0. The van der Waals surface area contributed by atoms with Gasteiger partial charge in [0.05, 0.1) is 5.16 Å². The third-order valence-electron chi connectivity index (χ3n) is 6.35. The number of carbonyl (C=O) groups is 1. The number of hydrogen-bond acceptors (Lipinski definition) is 7. The largest absolute Gasteiger partial charge is 0.392 e. The number of nitriles is 2. The van der Waals surface area contributed by atoms with Crippen molar-refractivity contribution in [2.75, 3.05) is 0 Å². The SMILES string of the molecule is Cc1c(CON=C(C#N)C(N)=O)cccc1-c1ccccc1.[C-]#[N+]/C(C#N)=N\OCc1cccc(-c2ccccc2)c1C. The molecule has 4 aromatic carbocycles. The van der Waals surface area contributed by atoms with Crippen molar-refractivity contribution in [3.8, 4) is 34.4 Å². The monoisotopic (exact) mass is 568 g/mol. The highest BCUT2D eigenvalue weighted by Crippen LogP contribution is 2.27. The first-order chi connectivity index (χ1) is 20.9. The van der Waals surface area contributed by atoms with Crippen LogP contribution in [0.2, 0.25) is 0 Å². The number of benzene rings is 4. The van der Waals surface area contributed by atoms with Gasteiger partial charge in [-0.05, 0) is 58.4 Å². The molecule has 0 bridgehead atoms. The summed E-state index contributed by atoms with van der Waals surface area (Å²) in [5.74, 6) is -1.20. The van der Waals surface area contributed by atoms with Crippen LogP contribution in [0.5, 0.6) is 0 Å². The Morgan fingerprint density at radius 1 is 0.744 bits per heavy atom. The molecule has 0 spiro atoms. The summed E-state index contributed by atoms with van der Waals surface area (Å²) >= 11 is 0. The zero-order chi connectivity index (χ0) is 31.0. The first-order valence-electron chi connectivity index (χ1n) is 13.0. The molecule has 4 aromatic rings. The molecule has 9 heteroatoms. The molecule has 0 unspecified atom stereocenters. The quantitative estimate of drug-likeness (QED) is 0.107. The molecule has 212 valence electrons. The summed E-state index contributed by atoms with van der Waals surface area (Å²) in [6.45, 7) is 11.1. The smallest absolute Gasteiger partial charge is 0.390 e. The molecule has 0 saturated carbocycles. The molecule has 0 aliphatic carbocycles. The minimum absolute atomic E-state index is 0.158. The van der Waals surface area contributed by atoms with E-state index in [1.807, 2.05) is 92.7 Å². The summed E-state index contributed by atoms with van der Waals surface area (Å²) in [4.78, 5) is 24.0. The van der Waals surface area contributed by atoms with Gasteiger partial charge >= 0.3 is 5.84 Å². The van der Waals surface area contributed by atoms with E-state index in [-0.39, 0.29) is 19.0 Å². The Labute approximate surface area is 250 Å². The highest BCUT2D eigenvalue weighted by molar-refractivity contribution is 6.44. The number of nitrogens with two attached hydrogens (primary N) is 1. The second kappa shape index (κ2) is 16.1. The number of amides is 1. The average Bonchev–Trinajstić information content (AvgIpc) is 3.04. The van der Waals surface area contributed by atoms with E-state index in [1.54, 1.807) is 12.1 Å². The minimum Gasteiger partial charge on any atom is -0.390 e. The molecule has 0 aromatic heterocycles. The highest BCUT2D eigenvalue weighted by atomic mass is 16.6. The Bertz CT molecular complexity index is 1730. The fraction of sp³-hybridized carbons (Fsp3) is 0.118. The summed E-state index contributed by atoms with van der Waals surface area (Å²) in [6, 6.07) is 35.1. The highest BCUT2D eigenvalue weighted by Gasteiger charge is 2.09. The maximum atomic E-state index is 10.9. The van der Waals surface area contributed by atoms with E-state index in [4.69, 9.17) is 32.5 Å². The molecular weight excluding hydrogens is 540 g/mol. The van der Waals surface area contributed by atoms with Crippen LogP contribution in [0.4, 0.5) is 0 Å². The number of oxime groups is 2. The summed E-state index contributed by atoms with van der Waals surface area (Å²) < 4.78 is 0. The van der Waals surface area contributed by atoms with Crippen molar-refractivity contribution in [2.24, 2.45) is 16.0 Å². The van der Waals surface area contributed by atoms with Gasteiger partial charge in [-0.1, -0.05) is 109 Å². The van der Waals surface area contributed by atoms with E-state index in [9.17, 15) is 4.79 Å². The van der Waals surface area contributed by atoms with Gasteiger partial charge in [-0.25, -0.2) is 5.26 Å². The van der Waals surface area contributed by atoms with Gasteiger partial charge in [0.2, 0.25) is 5.71 Å². The van der Waals surface area contributed by atoms with Gasteiger partial charge in [-0.15, -0.1) is 0 Å². The number of nitrogens with zero attached hydrogens (tertiary/aromatic N) is 5. The fourth-order valence-corrected chi connectivity index (χ4v) is 4.06. The van der Waals surface area contributed by atoms with E-state index in [1.165, 1.54) is 0 Å². The standard InChI is InChI=1S/C17H15N3O2.C17H13N3O/c1-12-14(11-22-20-16(10-18)17(19)21)8-5-9-15(12)13-6-3-2-4-7-13;1-13-15(12-21-20-17(11-18)19-2)9-6-10-16(13)14-7-4-3-5-8-14/h2-9H,11H2,1H3,(H2,19,21);3-10H,12H2,1H3/b;20-17-. The van der Waals surface area contributed by atoms with Crippen LogP contribution in [0.3, 0.4) is 0 Å². The van der Waals surface area contributed by atoms with Gasteiger partial charge < -0.3 is 20.3 Å². The number of rotatable bonds is 9. The summed E-state index contributed by atoms with van der Waals surface area (Å²) in [5.41, 5.74) is 13.1. The lowest BCUT2D eigenvalue weighted by Crippen LogP contribution is -2.21. The van der Waals surface area contributed by atoms with Crippen LogP contribution in [0.1, 0.15) is 22.3 Å². The number of amidine groups is 1. The van der Waals surface area contributed by atoms with Crippen LogP contribution < -0.4 is 5.73 Å². The van der Waals surface area contributed by atoms with E-state index >= 15 is 0 Å². The first-order valence-corrected chi connectivity index (χ1v) is 13.0. The molecule has 0 radical (unpaired) electrons. The summed E-state index contributed by atoms with van der Waals surface area (Å²) in [5, 5.41) is 24.2. The molecule has 43 heavy (non-hydrogen) atoms. The molecule has 0 saturated heterocycles. The maximum Gasteiger partial charge on any atom is 0.392 e. The van der Waals surface area contributed by atoms with Crippen LogP contribution in [0, 0.1) is 43.1 Å². The lowest BCUT2D eigenvalue weighted by molar-refractivity contribution is -0.112. The Morgan fingerprint density at radius 3 is 1.60 bits per heavy atom. The third-order valence-corrected chi connectivity index (χ3v) is 6.35. The third kappa shape index (κ3) is 8.88. The van der Waals surface area contributed by atoms with E-state index in [0.717, 1.165) is 44.5 Å². The van der Waals surface area contributed by atoms with Crippen molar-refractivity contribution in [2.45, 2.75) is 27.1 Å². The van der Waals surface area contributed by atoms with Gasteiger partial charge in [0, 0.05) is 0 Å². The van der Waals surface area contributed by atoms with Gasteiger partial charge in [0.15, 0.2) is 6.61 Å². The molecule has 2 N–H and O–H groups in total. The zero-order valence-corrected chi connectivity index (χ0v) is 23.7. The molecule has 0 heterocycles. The van der Waals surface area contributed by atoms with Gasteiger partial charge in [-0.2, -0.15) is 5.26 Å². The Balaban J connectivity index is 0.000000236. The van der Waals surface area contributed by atoms with Crippen LogP contribution >= 0.6 is 0 Å². The van der Waals surface area contributed by atoms with Crippen molar-refractivity contribution < 1.29 is 14.5 Å². The fourth-order valence-electron chi connectivity index (χ4n) is 4.06. The van der Waals surface area contributed by atoms with Gasteiger partial charge in [0.1, 0.15) is 18.7 Å². The Morgan fingerprint density at radius 2 is 1.21 bits per heavy atom. The Hall–Kier alpha value is -6.24. The molecular formula is C34H28N6O3. The average molecular weight is 569 g/mol. The van der Waals surface area contributed by atoms with Crippen LogP contribution in [0.25, 0.3) is 27.1 Å². The predicted octanol–water partition coefficient (Wildman–Crippen LogP) is 6.48. The predicted molar refractivity (Wildman–Crippen MR) is 165 cm³/mol. The molecule has 0 atom stereocenters. The molecule has 0 fully saturated rings. The number of primary amides is 1. The van der Waals surface area contributed by atoms with Crippen molar-refractivity contribution in [1.29, 1.82) is 10.5 Å². The van der Waals surface area contributed by atoms with E-state index < -0.39 is 11.6 Å². The van der Waals surface area contributed by atoms with Crippen molar-refractivity contribution in [3.05, 3.63) is 131 Å². The molecule has 0 aliphatic rings. The molecule has 1 amide bonds. The number of carbonyl (C=O) groups excluding carboxylic acids is 1. The van der Waals surface area contributed by atoms with Gasteiger partial charge in [0.25, 0.3) is 5.91 Å². The lowest BCUT2D eigenvalue weighted by Gasteiger charge is -2.10. The molecule has 4 rings (SSSR count).